The van der Waals surface area contributed by atoms with Gasteiger partial charge >= 0.3 is 10.1 Å². The summed E-state index contributed by atoms with van der Waals surface area (Å²) in [5, 5.41) is -0.249. The predicted octanol–water partition coefficient (Wildman–Crippen LogP) is -0.559. The average Bonchev–Trinajstić information content (AvgIpc) is 2.38. The molecule has 2 rings (SSSR count). The van der Waals surface area contributed by atoms with Crippen molar-refractivity contribution in [3.05, 3.63) is 18.2 Å². The van der Waals surface area contributed by atoms with Crippen molar-refractivity contribution in [2.75, 3.05) is 32.6 Å². The van der Waals surface area contributed by atoms with E-state index >= 15 is 0 Å². The van der Waals surface area contributed by atoms with Gasteiger partial charge < -0.3 is 8.92 Å². The van der Waals surface area contributed by atoms with Crippen molar-refractivity contribution in [2.45, 2.75) is 5.03 Å². The Morgan fingerprint density at radius 2 is 1.85 bits per heavy atom. The van der Waals surface area contributed by atoms with Crippen LogP contribution in [0.4, 0.5) is 0 Å². The number of hydrogen-bond donors (Lipinski definition) is 0. The molecule has 1 aromatic rings. The molecule has 0 atom stereocenters. The lowest BCUT2D eigenvalue weighted by Gasteiger charge is -2.25. The van der Waals surface area contributed by atoms with Crippen LogP contribution in [0.2, 0.25) is 0 Å². The first kappa shape index (κ1) is 15.2. The lowest BCUT2D eigenvalue weighted by molar-refractivity contribution is 0.0729. The van der Waals surface area contributed by atoms with Gasteiger partial charge in [0.1, 0.15) is 0 Å². The summed E-state index contributed by atoms with van der Waals surface area (Å²) in [4.78, 5) is 3.73. The molecule has 0 unspecified atom stereocenters. The summed E-state index contributed by atoms with van der Waals surface area (Å²) in [7, 11) is -7.53. The van der Waals surface area contributed by atoms with Crippen LogP contribution in [-0.2, 0) is 24.9 Å². The molecule has 0 radical (unpaired) electrons. The van der Waals surface area contributed by atoms with Gasteiger partial charge in [0.15, 0.2) is 5.03 Å². The zero-order valence-electron chi connectivity index (χ0n) is 10.7. The first-order valence-electron chi connectivity index (χ1n) is 5.73. The minimum absolute atomic E-state index is 0.237. The fourth-order valence-corrected chi connectivity index (χ4v) is 3.41. The van der Waals surface area contributed by atoms with Crippen LogP contribution in [0.15, 0.2) is 23.2 Å². The lowest BCUT2D eigenvalue weighted by Crippen LogP contribution is -2.40. The van der Waals surface area contributed by atoms with Crippen molar-refractivity contribution in [1.82, 2.24) is 9.29 Å². The molecule has 1 aromatic heterocycles. The Morgan fingerprint density at radius 1 is 1.20 bits per heavy atom. The third-order valence-electron chi connectivity index (χ3n) is 2.51. The van der Waals surface area contributed by atoms with Crippen molar-refractivity contribution in [3.8, 4) is 5.88 Å². The highest BCUT2D eigenvalue weighted by Gasteiger charge is 2.28. The quantitative estimate of drug-likeness (QED) is 0.685. The maximum absolute atomic E-state index is 12.3. The van der Waals surface area contributed by atoms with Gasteiger partial charge in [-0.15, -0.1) is 0 Å². The molecule has 0 bridgehead atoms. The summed E-state index contributed by atoms with van der Waals surface area (Å²) in [5.41, 5.74) is 0. The van der Waals surface area contributed by atoms with E-state index in [-0.39, 0.29) is 24.0 Å². The molecular formula is C10H14N2O6S2. The Morgan fingerprint density at radius 3 is 2.45 bits per heavy atom. The Kier molecular flexibility index (Phi) is 4.28. The standard InChI is InChI=1S/C10H14N2O6S2/c1-19(13,14)18-9-3-2-4-10(11-9)20(15,16)12-5-7-17-8-6-12/h2-4H,5-8H2,1H3. The van der Waals surface area contributed by atoms with Gasteiger partial charge in [0.05, 0.1) is 19.5 Å². The van der Waals surface area contributed by atoms with Gasteiger partial charge in [-0.05, 0) is 6.07 Å². The van der Waals surface area contributed by atoms with E-state index in [0.29, 0.717) is 13.2 Å². The van der Waals surface area contributed by atoms with Crippen LogP contribution >= 0.6 is 0 Å². The van der Waals surface area contributed by atoms with Crippen LogP contribution in [0, 0.1) is 0 Å². The molecule has 20 heavy (non-hydrogen) atoms. The van der Waals surface area contributed by atoms with Crippen LogP contribution in [0.3, 0.4) is 0 Å². The number of hydrogen-bond acceptors (Lipinski definition) is 7. The third-order valence-corrected chi connectivity index (χ3v) is 4.78. The molecule has 0 aliphatic carbocycles. The molecule has 0 saturated carbocycles. The average molecular weight is 322 g/mol. The van der Waals surface area contributed by atoms with E-state index < -0.39 is 20.1 Å². The van der Waals surface area contributed by atoms with Crippen LogP contribution < -0.4 is 4.18 Å². The van der Waals surface area contributed by atoms with E-state index in [1.54, 1.807) is 0 Å². The summed E-state index contributed by atoms with van der Waals surface area (Å²) in [6.07, 6.45) is 0.859. The van der Waals surface area contributed by atoms with E-state index in [2.05, 4.69) is 9.17 Å². The monoisotopic (exact) mass is 322 g/mol. The molecule has 1 saturated heterocycles. The van der Waals surface area contributed by atoms with Crippen molar-refractivity contribution in [2.24, 2.45) is 0 Å². The topological polar surface area (TPSA) is 103 Å². The summed E-state index contributed by atoms with van der Waals surface area (Å²) in [6.45, 7) is 1.11. The zero-order valence-corrected chi connectivity index (χ0v) is 12.4. The maximum Gasteiger partial charge on any atom is 0.307 e. The molecule has 112 valence electrons. The van der Waals surface area contributed by atoms with Crippen molar-refractivity contribution >= 4 is 20.1 Å². The minimum atomic E-state index is -3.77. The number of rotatable bonds is 4. The zero-order chi connectivity index (χ0) is 14.8. The van der Waals surface area contributed by atoms with E-state index in [0.717, 1.165) is 6.26 Å². The van der Waals surface area contributed by atoms with Crippen LogP contribution in [0.1, 0.15) is 0 Å². The number of pyridine rings is 1. The summed E-state index contributed by atoms with van der Waals surface area (Å²) in [6, 6.07) is 3.94. The van der Waals surface area contributed by atoms with Gasteiger partial charge in [-0.1, -0.05) is 6.07 Å². The maximum atomic E-state index is 12.3. The predicted molar refractivity (Wildman–Crippen MR) is 69.3 cm³/mol. The first-order valence-corrected chi connectivity index (χ1v) is 8.99. The third kappa shape index (κ3) is 3.66. The Labute approximate surface area is 117 Å². The van der Waals surface area contributed by atoms with Crippen molar-refractivity contribution in [3.63, 3.8) is 0 Å². The van der Waals surface area contributed by atoms with Gasteiger partial charge in [0, 0.05) is 19.2 Å². The molecule has 0 spiro atoms. The smallest absolute Gasteiger partial charge is 0.307 e. The van der Waals surface area contributed by atoms with Gasteiger partial charge in [0.2, 0.25) is 5.88 Å². The van der Waals surface area contributed by atoms with E-state index in [4.69, 9.17) is 4.74 Å². The molecule has 8 nitrogen and oxygen atoms in total. The number of morpholine rings is 1. The van der Waals surface area contributed by atoms with Crippen molar-refractivity contribution in [1.29, 1.82) is 0 Å². The van der Waals surface area contributed by atoms with Crippen LogP contribution in [-0.4, -0.2) is 58.7 Å². The molecule has 0 N–H and O–H groups in total. The van der Waals surface area contributed by atoms with Gasteiger partial charge in [-0.2, -0.15) is 17.7 Å². The van der Waals surface area contributed by atoms with E-state index in [1.165, 1.54) is 22.5 Å². The van der Waals surface area contributed by atoms with Gasteiger partial charge in [0.25, 0.3) is 10.0 Å². The second kappa shape index (κ2) is 5.64. The van der Waals surface area contributed by atoms with Gasteiger partial charge in [-0.3, -0.25) is 0 Å². The van der Waals surface area contributed by atoms with E-state index in [9.17, 15) is 16.8 Å². The number of aromatic nitrogens is 1. The number of ether oxygens (including phenoxy) is 1. The molecule has 0 amide bonds. The van der Waals surface area contributed by atoms with Crippen LogP contribution in [0.25, 0.3) is 0 Å². The number of sulfonamides is 1. The summed E-state index contributed by atoms with van der Waals surface area (Å²) in [5.74, 6) is -0.276. The fraction of sp³-hybridized carbons (Fsp3) is 0.500. The van der Waals surface area contributed by atoms with Crippen LogP contribution in [0.5, 0.6) is 5.88 Å². The normalized spacial score (nSPS) is 17.9. The molecular weight excluding hydrogens is 308 g/mol. The molecule has 10 heteroatoms. The second-order valence-electron chi connectivity index (χ2n) is 4.12. The fourth-order valence-electron chi connectivity index (χ4n) is 1.66. The molecule has 2 heterocycles. The minimum Gasteiger partial charge on any atom is -0.379 e. The molecule has 1 fully saturated rings. The molecule has 0 aromatic carbocycles. The first-order chi connectivity index (χ1) is 9.29. The highest BCUT2D eigenvalue weighted by molar-refractivity contribution is 7.89. The Bertz CT molecular complexity index is 679. The Hall–Kier alpha value is -1.23. The SMILES string of the molecule is CS(=O)(=O)Oc1cccc(S(=O)(=O)N2CCOCC2)n1. The molecule has 1 aliphatic heterocycles. The number of nitrogens with zero attached hydrogens (tertiary/aromatic N) is 2. The summed E-state index contributed by atoms with van der Waals surface area (Å²) < 4.78 is 57.6. The molecule has 1 aliphatic rings. The Balaban J connectivity index is 2.30. The highest BCUT2D eigenvalue weighted by Crippen LogP contribution is 2.18. The van der Waals surface area contributed by atoms with Crippen molar-refractivity contribution < 1.29 is 25.8 Å². The van der Waals surface area contributed by atoms with E-state index in [1.807, 2.05) is 0 Å². The highest BCUT2D eigenvalue weighted by atomic mass is 32.2. The lowest BCUT2D eigenvalue weighted by atomic mass is 10.5. The largest absolute Gasteiger partial charge is 0.379 e. The van der Waals surface area contributed by atoms with Gasteiger partial charge in [-0.25, -0.2) is 8.42 Å². The second-order valence-corrected chi connectivity index (χ2v) is 7.58. The summed E-state index contributed by atoms with van der Waals surface area (Å²) >= 11 is 0.